The van der Waals surface area contributed by atoms with Gasteiger partial charge in [0.25, 0.3) is 0 Å². The van der Waals surface area contributed by atoms with Crippen LogP contribution in [0.5, 0.6) is 0 Å². The van der Waals surface area contributed by atoms with Crippen LogP contribution in [0, 0.1) is 22.7 Å². The lowest BCUT2D eigenvalue weighted by Crippen LogP contribution is -2.67. The molecule has 4 rings (SSSR count). The molecule has 0 saturated heterocycles. The highest BCUT2D eigenvalue weighted by Gasteiger charge is 2.72. The van der Waals surface area contributed by atoms with Crippen molar-refractivity contribution >= 4 is 23.5 Å². The molecule has 4 aliphatic rings. The molecule has 0 radical (unpaired) electrons. The van der Waals surface area contributed by atoms with Crippen LogP contribution in [0.4, 0.5) is 0 Å². The molecule has 0 spiro atoms. The first-order valence-electron chi connectivity index (χ1n) is 6.67. The number of esters is 2. The largest absolute Gasteiger partial charge is 0.468 e. The van der Waals surface area contributed by atoms with Gasteiger partial charge in [0.15, 0.2) is 5.78 Å². The first-order valence-corrected chi connectivity index (χ1v) is 6.67. The zero-order chi connectivity index (χ0) is 14.7. The van der Waals surface area contributed by atoms with Crippen LogP contribution >= 0.6 is 0 Å². The van der Waals surface area contributed by atoms with E-state index in [0.717, 1.165) is 0 Å². The maximum Gasteiger partial charge on any atom is 0.319 e. The Morgan fingerprint density at radius 1 is 0.900 bits per heavy atom. The van der Waals surface area contributed by atoms with Crippen molar-refractivity contribution in [3.8, 4) is 0 Å². The molecule has 0 aromatic carbocycles. The molecule has 20 heavy (non-hydrogen) atoms. The summed E-state index contributed by atoms with van der Waals surface area (Å²) in [7, 11) is 2.45. The first kappa shape index (κ1) is 13.3. The molecule has 0 N–H and O–H groups in total. The van der Waals surface area contributed by atoms with Crippen molar-refractivity contribution in [2.45, 2.75) is 25.7 Å². The van der Waals surface area contributed by atoms with E-state index in [0.29, 0.717) is 0 Å². The van der Waals surface area contributed by atoms with Gasteiger partial charge in [-0.1, -0.05) is 0 Å². The molecule has 0 aromatic heterocycles. The molecule has 0 aliphatic heterocycles. The number of rotatable bonds is 2. The molecule has 0 aromatic rings. The molecule has 0 amide bonds. The molecule has 0 unspecified atom stereocenters. The summed E-state index contributed by atoms with van der Waals surface area (Å²) >= 11 is 0. The van der Waals surface area contributed by atoms with Crippen molar-refractivity contribution in [1.29, 1.82) is 0 Å². The lowest BCUT2D eigenvalue weighted by molar-refractivity contribution is -0.192. The van der Waals surface area contributed by atoms with Crippen molar-refractivity contribution in [3.63, 3.8) is 0 Å². The fraction of sp³-hybridized carbons (Fsp3) is 0.714. The number of ether oxygens (including phenoxy) is 2. The first-order chi connectivity index (χ1) is 9.41. The molecule has 6 nitrogen and oxygen atoms in total. The van der Waals surface area contributed by atoms with E-state index >= 15 is 0 Å². The minimum atomic E-state index is -1.33. The molecular weight excluding hydrogens is 264 g/mol. The van der Waals surface area contributed by atoms with E-state index in [1.54, 1.807) is 0 Å². The third-order valence-corrected chi connectivity index (χ3v) is 5.21. The number of hydrogen-bond donors (Lipinski definition) is 0. The van der Waals surface area contributed by atoms with Gasteiger partial charge < -0.3 is 9.47 Å². The van der Waals surface area contributed by atoms with Crippen LogP contribution in [0.1, 0.15) is 25.7 Å². The smallest absolute Gasteiger partial charge is 0.319 e. The zero-order valence-electron chi connectivity index (χ0n) is 11.4. The Kier molecular flexibility index (Phi) is 2.59. The van der Waals surface area contributed by atoms with Gasteiger partial charge in [-0.05, 0) is 25.7 Å². The Hall–Kier alpha value is -1.72. The fourth-order valence-corrected chi connectivity index (χ4v) is 4.47. The van der Waals surface area contributed by atoms with Crippen LogP contribution in [0.2, 0.25) is 0 Å². The van der Waals surface area contributed by atoms with E-state index in [-0.39, 0.29) is 31.5 Å². The predicted octanol–water partition coefficient (Wildman–Crippen LogP) is 0.277. The Balaban J connectivity index is 2.13. The van der Waals surface area contributed by atoms with E-state index in [1.807, 2.05) is 0 Å². The number of Topliss-reactive ketones (excluding diaryl/α,β-unsaturated/α-hetero) is 2. The zero-order valence-corrected chi connectivity index (χ0v) is 11.4. The van der Waals surface area contributed by atoms with E-state index in [1.165, 1.54) is 14.2 Å². The van der Waals surface area contributed by atoms with E-state index < -0.39 is 40.4 Å². The Morgan fingerprint density at radius 3 is 1.55 bits per heavy atom. The average Bonchev–Trinajstić information content (AvgIpc) is 2.44. The van der Waals surface area contributed by atoms with Gasteiger partial charge in [0.2, 0.25) is 0 Å². The van der Waals surface area contributed by atoms with Crippen LogP contribution in [0.15, 0.2) is 0 Å². The van der Waals surface area contributed by atoms with Crippen molar-refractivity contribution < 1.29 is 28.7 Å². The number of ketones is 2. The summed E-state index contributed by atoms with van der Waals surface area (Å²) in [5.74, 6) is -2.44. The average molecular weight is 280 g/mol. The van der Waals surface area contributed by atoms with Crippen molar-refractivity contribution in [2.24, 2.45) is 22.7 Å². The molecule has 0 atom stereocenters. The maximum atomic E-state index is 12.8. The summed E-state index contributed by atoms with van der Waals surface area (Å²) in [5.41, 5.74) is -2.66. The monoisotopic (exact) mass is 280 g/mol. The van der Waals surface area contributed by atoms with Gasteiger partial charge in [0.05, 0.1) is 14.2 Å². The van der Waals surface area contributed by atoms with E-state index in [9.17, 15) is 19.2 Å². The topological polar surface area (TPSA) is 86.7 Å². The summed E-state index contributed by atoms with van der Waals surface area (Å²) in [5, 5.41) is 0. The summed E-state index contributed by atoms with van der Waals surface area (Å²) in [6, 6.07) is 0. The van der Waals surface area contributed by atoms with Gasteiger partial charge in [-0.2, -0.15) is 0 Å². The summed E-state index contributed by atoms with van der Waals surface area (Å²) < 4.78 is 9.55. The number of carbonyl (C=O) groups is 4. The SMILES string of the molecule is COC(=O)C12CC3CC(C(=O)OC)(CC(C1)C3=O)C2=O. The quantitative estimate of drug-likeness (QED) is 0.533. The van der Waals surface area contributed by atoms with Gasteiger partial charge in [-0.15, -0.1) is 0 Å². The summed E-state index contributed by atoms with van der Waals surface area (Å²) in [4.78, 5) is 49.2. The van der Waals surface area contributed by atoms with Gasteiger partial charge in [0.1, 0.15) is 16.6 Å². The van der Waals surface area contributed by atoms with Crippen LogP contribution in [0.25, 0.3) is 0 Å². The standard InChI is InChI=1S/C14H16O6/c1-19-11(17)13-3-7-5-14(10(13)16,12(18)20-2)6-8(4-13)9(7)15/h7-8H,3-6H2,1-2H3. The molecular formula is C14H16O6. The fourth-order valence-electron chi connectivity index (χ4n) is 4.47. The molecule has 4 bridgehead atoms. The van der Waals surface area contributed by atoms with Crippen molar-refractivity contribution in [1.82, 2.24) is 0 Å². The highest BCUT2D eigenvalue weighted by Crippen LogP contribution is 2.62. The predicted molar refractivity (Wildman–Crippen MR) is 64.4 cm³/mol. The van der Waals surface area contributed by atoms with Gasteiger partial charge >= 0.3 is 11.9 Å². The van der Waals surface area contributed by atoms with Crippen LogP contribution in [-0.4, -0.2) is 37.7 Å². The van der Waals surface area contributed by atoms with Gasteiger partial charge in [0, 0.05) is 11.8 Å². The lowest BCUT2D eigenvalue weighted by Gasteiger charge is -2.56. The minimum Gasteiger partial charge on any atom is -0.468 e. The van der Waals surface area contributed by atoms with Crippen LogP contribution in [0.3, 0.4) is 0 Å². The van der Waals surface area contributed by atoms with E-state index in [2.05, 4.69) is 0 Å². The third-order valence-electron chi connectivity index (χ3n) is 5.21. The molecule has 4 fully saturated rings. The Labute approximate surface area is 115 Å². The highest BCUT2D eigenvalue weighted by molar-refractivity contribution is 6.18. The highest BCUT2D eigenvalue weighted by atomic mass is 16.5. The second kappa shape index (κ2) is 3.90. The second-order valence-electron chi connectivity index (χ2n) is 6.09. The van der Waals surface area contributed by atoms with Gasteiger partial charge in [-0.25, -0.2) is 0 Å². The number of hydrogen-bond acceptors (Lipinski definition) is 6. The Bertz CT molecular complexity index is 478. The summed E-state index contributed by atoms with van der Waals surface area (Å²) in [6.45, 7) is 0. The summed E-state index contributed by atoms with van der Waals surface area (Å²) in [6.07, 6.45) is 0.693. The number of methoxy groups -OCH3 is 2. The number of carbonyl (C=O) groups excluding carboxylic acids is 4. The molecule has 4 saturated carbocycles. The second-order valence-corrected chi connectivity index (χ2v) is 6.09. The lowest BCUT2D eigenvalue weighted by atomic mass is 9.43. The third kappa shape index (κ3) is 1.29. The molecule has 0 heterocycles. The molecule has 4 aliphatic carbocycles. The van der Waals surface area contributed by atoms with Crippen LogP contribution in [-0.2, 0) is 28.7 Å². The maximum absolute atomic E-state index is 12.8. The van der Waals surface area contributed by atoms with E-state index in [4.69, 9.17) is 9.47 Å². The van der Waals surface area contributed by atoms with Crippen molar-refractivity contribution in [3.05, 3.63) is 0 Å². The minimum absolute atomic E-state index is 0.0663. The molecule has 6 heteroatoms. The van der Waals surface area contributed by atoms with Crippen molar-refractivity contribution in [2.75, 3.05) is 14.2 Å². The molecule has 108 valence electrons. The normalized spacial score (nSPS) is 41.7. The van der Waals surface area contributed by atoms with Gasteiger partial charge in [-0.3, -0.25) is 19.2 Å². The van der Waals surface area contributed by atoms with Crippen LogP contribution < -0.4 is 0 Å². The Morgan fingerprint density at radius 2 is 1.25 bits per heavy atom.